The van der Waals surface area contributed by atoms with Crippen LogP contribution in [0.25, 0.3) is 10.9 Å². The summed E-state index contributed by atoms with van der Waals surface area (Å²) in [6.07, 6.45) is 1.78. The SMILES string of the molecule is CN(C)c1ccc2c(Nc3ccc(C(C)(C)C(=O)NO)cc3)ccnc2c1. The fraction of sp³-hybridized carbons (Fsp3) is 0.238. The van der Waals surface area contributed by atoms with Crippen molar-refractivity contribution in [3.63, 3.8) is 0 Å². The Bertz CT molecular complexity index is 966. The number of anilines is 3. The Balaban J connectivity index is 1.88. The molecular formula is C21H24N4O2. The van der Waals surface area contributed by atoms with E-state index >= 15 is 0 Å². The van der Waals surface area contributed by atoms with E-state index in [1.807, 2.05) is 49.3 Å². The van der Waals surface area contributed by atoms with Gasteiger partial charge in [0.05, 0.1) is 10.9 Å². The number of benzene rings is 2. The van der Waals surface area contributed by atoms with Crippen LogP contribution >= 0.6 is 0 Å². The average Bonchev–Trinajstić information content (AvgIpc) is 2.67. The summed E-state index contributed by atoms with van der Waals surface area (Å²) in [4.78, 5) is 18.4. The first kappa shape index (κ1) is 18.7. The maximum atomic E-state index is 11.8. The molecule has 1 heterocycles. The Kier molecular flexibility index (Phi) is 5.01. The fourth-order valence-electron chi connectivity index (χ4n) is 2.92. The molecule has 3 N–H and O–H groups in total. The number of carbonyl (C=O) groups is 1. The number of pyridine rings is 1. The Labute approximate surface area is 158 Å². The Morgan fingerprint density at radius 1 is 1.07 bits per heavy atom. The van der Waals surface area contributed by atoms with Gasteiger partial charge in [-0.05, 0) is 55.8 Å². The highest BCUT2D eigenvalue weighted by molar-refractivity contribution is 5.94. The van der Waals surface area contributed by atoms with E-state index in [1.165, 1.54) is 0 Å². The third-order valence-electron chi connectivity index (χ3n) is 4.80. The van der Waals surface area contributed by atoms with E-state index in [9.17, 15) is 4.79 Å². The standard InChI is InChI=1S/C21H24N4O2/c1-21(2,20(26)24-27)14-5-7-15(8-6-14)23-18-11-12-22-19-13-16(25(3)4)9-10-17(18)19/h5-13,27H,1-4H3,(H,22,23)(H,24,26). The first-order valence-electron chi connectivity index (χ1n) is 8.71. The summed E-state index contributed by atoms with van der Waals surface area (Å²) in [5.41, 5.74) is 5.61. The maximum absolute atomic E-state index is 11.8. The zero-order chi connectivity index (χ0) is 19.6. The van der Waals surface area contributed by atoms with Gasteiger partial charge in [-0.2, -0.15) is 0 Å². The maximum Gasteiger partial charge on any atom is 0.253 e. The van der Waals surface area contributed by atoms with Crippen molar-refractivity contribution in [2.75, 3.05) is 24.3 Å². The molecule has 0 fully saturated rings. The Morgan fingerprint density at radius 2 is 1.78 bits per heavy atom. The second kappa shape index (κ2) is 7.25. The quantitative estimate of drug-likeness (QED) is 0.474. The van der Waals surface area contributed by atoms with E-state index in [2.05, 4.69) is 28.5 Å². The van der Waals surface area contributed by atoms with Gasteiger partial charge >= 0.3 is 0 Å². The number of rotatable bonds is 5. The van der Waals surface area contributed by atoms with E-state index in [0.29, 0.717) is 0 Å². The number of fused-ring (bicyclic) bond motifs is 1. The minimum absolute atomic E-state index is 0.444. The van der Waals surface area contributed by atoms with Gasteiger partial charge in [0.1, 0.15) is 0 Å². The van der Waals surface area contributed by atoms with Gasteiger partial charge in [0.25, 0.3) is 5.91 Å². The molecule has 0 unspecified atom stereocenters. The molecule has 0 radical (unpaired) electrons. The van der Waals surface area contributed by atoms with Crippen LogP contribution in [0, 0.1) is 0 Å². The molecule has 0 saturated heterocycles. The van der Waals surface area contributed by atoms with Crippen LogP contribution in [0.4, 0.5) is 17.1 Å². The van der Waals surface area contributed by atoms with Gasteiger partial charge in [0.15, 0.2) is 0 Å². The summed E-state index contributed by atoms with van der Waals surface area (Å²) in [5.74, 6) is -0.444. The van der Waals surface area contributed by atoms with Crippen molar-refractivity contribution in [3.05, 3.63) is 60.3 Å². The van der Waals surface area contributed by atoms with Crippen LogP contribution in [-0.4, -0.2) is 30.2 Å². The van der Waals surface area contributed by atoms with Crippen LogP contribution in [-0.2, 0) is 10.2 Å². The van der Waals surface area contributed by atoms with Crippen molar-refractivity contribution < 1.29 is 10.0 Å². The normalized spacial score (nSPS) is 11.3. The molecular weight excluding hydrogens is 340 g/mol. The summed E-state index contributed by atoms with van der Waals surface area (Å²) < 4.78 is 0. The van der Waals surface area contributed by atoms with Crippen LogP contribution in [0.5, 0.6) is 0 Å². The number of nitrogens with zero attached hydrogens (tertiary/aromatic N) is 2. The van der Waals surface area contributed by atoms with Crippen LogP contribution in [0.3, 0.4) is 0 Å². The number of hydroxylamine groups is 1. The zero-order valence-corrected chi connectivity index (χ0v) is 15.9. The lowest BCUT2D eigenvalue weighted by Gasteiger charge is -2.22. The van der Waals surface area contributed by atoms with E-state index in [-0.39, 0.29) is 0 Å². The molecule has 0 aliphatic rings. The Morgan fingerprint density at radius 3 is 2.41 bits per heavy atom. The predicted molar refractivity (Wildman–Crippen MR) is 109 cm³/mol. The van der Waals surface area contributed by atoms with Crippen molar-refractivity contribution >= 4 is 33.9 Å². The van der Waals surface area contributed by atoms with Crippen molar-refractivity contribution in [1.29, 1.82) is 0 Å². The Hall–Kier alpha value is -3.12. The van der Waals surface area contributed by atoms with Gasteiger partial charge in [0.2, 0.25) is 0 Å². The third-order valence-corrected chi connectivity index (χ3v) is 4.80. The number of nitrogens with one attached hydrogen (secondary N) is 2. The summed E-state index contributed by atoms with van der Waals surface area (Å²) in [5, 5.41) is 13.4. The number of hydrogen-bond acceptors (Lipinski definition) is 5. The molecule has 3 rings (SSSR count). The minimum atomic E-state index is -0.820. The van der Waals surface area contributed by atoms with Gasteiger partial charge in [-0.3, -0.25) is 15.0 Å². The van der Waals surface area contributed by atoms with Crippen molar-refractivity contribution in [3.8, 4) is 0 Å². The number of carbonyl (C=O) groups excluding carboxylic acids is 1. The predicted octanol–water partition coefficient (Wildman–Crippen LogP) is 3.83. The van der Waals surface area contributed by atoms with E-state index in [0.717, 1.165) is 33.5 Å². The largest absolute Gasteiger partial charge is 0.378 e. The van der Waals surface area contributed by atoms with Gasteiger partial charge in [-0.1, -0.05) is 12.1 Å². The molecule has 6 nitrogen and oxygen atoms in total. The van der Waals surface area contributed by atoms with Crippen LogP contribution < -0.4 is 15.7 Å². The molecule has 0 aliphatic carbocycles. The molecule has 0 saturated carbocycles. The van der Waals surface area contributed by atoms with Crippen LogP contribution in [0.2, 0.25) is 0 Å². The first-order valence-corrected chi connectivity index (χ1v) is 8.71. The molecule has 3 aromatic rings. The van der Waals surface area contributed by atoms with E-state index in [1.54, 1.807) is 25.5 Å². The molecule has 0 bridgehead atoms. The topological polar surface area (TPSA) is 77.5 Å². The van der Waals surface area contributed by atoms with Crippen LogP contribution in [0.15, 0.2) is 54.7 Å². The summed E-state index contributed by atoms with van der Waals surface area (Å²) in [7, 11) is 4.01. The molecule has 140 valence electrons. The van der Waals surface area contributed by atoms with Gasteiger partial charge < -0.3 is 10.2 Å². The van der Waals surface area contributed by atoms with Gasteiger partial charge in [0, 0.05) is 42.7 Å². The highest BCUT2D eigenvalue weighted by Gasteiger charge is 2.29. The minimum Gasteiger partial charge on any atom is -0.378 e. The van der Waals surface area contributed by atoms with Crippen molar-refractivity contribution in [1.82, 2.24) is 10.5 Å². The summed E-state index contributed by atoms with van der Waals surface area (Å²) in [6, 6.07) is 15.7. The zero-order valence-electron chi connectivity index (χ0n) is 15.9. The van der Waals surface area contributed by atoms with E-state index in [4.69, 9.17) is 5.21 Å². The molecule has 1 amide bonds. The third kappa shape index (κ3) is 3.71. The monoisotopic (exact) mass is 364 g/mol. The summed E-state index contributed by atoms with van der Waals surface area (Å²) >= 11 is 0. The fourth-order valence-corrected chi connectivity index (χ4v) is 2.92. The first-order chi connectivity index (χ1) is 12.8. The molecule has 0 spiro atoms. The molecule has 6 heteroatoms. The van der Waals surface area contributed by atoms with Crippen molar-refractivity contribution in [2.24, 2.45) is 0 Å². The summed E-state index contributed by atoms with van der Waals surface area (Å²) in [6.45, 7) is 3.53. The molecule has 1 aromatic heterocycles. The molecule has 2 aromatic carbocycles. The lowest BCUT2D eigenvalue weighted by molar-refractivity contribution is -0.134. The average molecular weight is 364 g/mol. The number of hydrogen-bond donors (Lipinski definition) is 3. The number of aromatic nitrogens is 1. The lowest BCUT2D eigenvalue weighted by Crippen LogP contribution is -2.38. The molecule has 0 aliphatic heterocycles. The van der Waals surface area contributed by atoms with Crippen LogP contribution in [0.1, 0.15) is 19.4 Å². The highest BCUT2D eigenvalue weighted by Crippen LogP contribution is 2.29. The number of amides is 1. The molecule has 0 atom stereocenters. The lowest BCUT2D eigenvalue weighted by atomic mass is 9.84. The molecule has 27 heavy (non-hydrogen) atoms. The smallest absolute Gasteiger partial charge is 0.253 e. The second-order valence-electron chi connectivity index (χ2n) is 7.22. The highest BCUT2D eigenvalue weighted by atomic mass is 16.5. The van der Waals surface area contributed by atoms with Gasteiger partial charge in [-0.25, -0.2) is 5.48 Å². The second-order valence-corrected chi connectivity index (χ2v) is 7.22. The van der Waals surface area contributed by atoms with Gasteiger partial charge in [-0.15, -0.1) is 0 Å². The van der Waals surface area contributed by atoms with Crippen molar-refractivity contribution in [2.45, 2.75) is 19.3 Å². The van der Waals surface area contributed by atoms with E-state index < -0.39 is 11.3 Å².